The van der Waals surface area contributed by atoms with Crippen LogP contribution in [0.25, 0.3) is 10.2 Å². The Morgan fingerprint density at radius 2 is 2.11 bits per heavy atom. The van der Waals surface area contributed by atoms with Crippen molar-refractivity contribution < 1.29 is 14.3 Å². The molecule has 4 rings (SSSR count). The van der Waals surface area contributed by atoms with Crippen molar-refractivity contribution in [1.82, 2.24) is 4.98 Å². The molecule has 8 heteroatoms. The third-order valence-electron chi connectivity index (χ3n) is 4.46. The van der Waals surface area contributed by atoms with Gasteiger partial charge in [0, 0.05) is 19.2 Å². The van der Waals surface area contributed by atoms with Crippen LogP contribution in [0.4, 0.5) is 10.8 Å². The van der Waals surface area contributed by atoms with Gasteiger partial charge < -0.3 is 14.4 Å². The highest BCUT2D eigenvalue weighted by Gasteiger charge is 2.21. The predicted molar refractivity (Wildman–Crippen MR) is 113 cm³/mol. The highest BCUT2D eigenvalue weighted by Crippen LogP contribution is 2.35. The van der Waals surface area contributed by atoms with Crippen molar-refractivity contribution in [2.75, 3.05) is 43.1 Å². The van der Waals surface area contributed by atoms with Gasteiger partial charge in [0.15, 0.2) is 5.13 Å². The van der Waals surface area contributed by atoms with Crippen molar-refractivity contribution in [3.8, 4) is 5.75 Å². The number of aromatic nitrogens is 1. The summed E-state index contributed by atoms with van der Waals surface area (Å²) in [5.74, 6) is 0.382. The van der Waals surface area contributed by atoms with Gasteiger partial charge in [0.1, 0.15) is 5.75 Å². The van der Waals surface area contributed by atoms with Crippen LogP contribution in [0.15, 0.2) is 36.4 Å². The monoisotopic (exact) mass is 417 g/mol. The molecule has 1 aliphatic rings. The van der Waals surface area contributed by atoms with Gasteiger partial charge in [-0.1, -0.05) is 35.1 Å². The van der Waals surface area contributed by atoms with Crippen LogP contribution in [0.1, 0.15) is 17.3 Å². The minimum Gasteiger partial charge on any atom is -0.492 e. The van der Waals surface area contributed by atoms with Crippen LogP contribution in [0.3, 0.4) is 0 Å². The summed E-state index contributed by atoms with van der Waals surface area (Å²) in [6.45, 7) is 5.19. The summed E-state index contributed by atoms with van der Waals surface area (Å²) < 4.78 is 12.2. The molecule has 28 heavy (non-hydrogen) atoms. The third kappa shape index (κ3) is 3.92. The molecule has 2 heterocycles. The van der Waals surface area contributed by atoms with Crippen LogP contribution in [0.5, 0.6) is 5.75 Å². The molecule has 0 radical (unpaired) electrons. The van der Waals surface area contributed by atoms with E-state index in [0.717, 1.165) is 29.0 Å². The summed E-state index contributed by atoms with van der Waals surface area (Å²) in [6.07, 6.45) is 0. The molecule has 1 saturated heterocycles. The Bertz CT molecular complexity index is 969. The first-order valence-electron chi connectivity index (χ1n) is 9.11. The number of carbonyl (C=O) groups excluding carboxylic acids is 1. The van der Waals surface area contributed by atoms with Crippen LogP contribution in [-0.4, -0.2) is 43.8 Å². The number of nitrogens with one attached hydrogen (secondary N) is 1. The molecule has 0 spiro atoms. The molecule has 1 aliphatic heterocycles. The summed E-state index contributed by atoms with van der Waals surface area (Å²) in [6, 6.07) is 11.3. The number of halogens is 1. The second kappa shape index (κ2) is 8.34. The van der Waals surface area contributed by atoms with Gasteiger partial charge in [-0.2, -0.15) is 0 Å². The highest BCUT2D eigenvalue weighted by molar-refractivity contribution is 7.22. The Morgan fingerprint density at radius 3 is 2.86 bits per heavy atom. The number of fused-ring (bicyclic) bond motifs is 1. The van der Waals surface area contributed by atoms with Gasteiger partial charge in [-0.3, -0.25) is 10.1 Å². The number of amides is 1. The lowest BCUT2D eigenvalue weighted by molar-refractivity contribution is 0.102. The molecular weight excluding hydrogens is 398 g/mol. The molecule has 6 nitrogen and oxygen atoms in total. The lowest BCUT2D eigenvalue weighted by atomic mass is 10.1. The molecule has 1 N–H and O–H groups in total. The second-order valence-electron chi connectivity index (χ2n) is 6.27. The number of hydrogen-bond donors (Lipinski definition) is 1. The van der Waals surface area contributed by atoms with Crippen LogP contribution in [0, 0.1) is 0 Å². The number of rotatable bonds is 5. The third-order valence-corrected chi connectivity index (χ3v) is 5.72. The molecule has 0 saturated carbocycles. The topological polar surface area (TPSA) is 63.7 Å². The number of anilines is 2. The smallest absolute Gasteiger partial charge is 0.259 e. The number of hydrogen-bond acceptors (Lipinski definition) is 6. The maximum atomic E-state index is 12.9. The van der Waals surface area contributed by atoms with Crippen molar-refractivity contribution in [3.05, 3.63) is 47.0 Å². The summed E-state index contributed by atoms with van der Waals surface area (Å²) >= 11 is 7.85. The van der Waals surface area contributed by atoms with Gasteiger partial charge in [0.05, 0.1) is 46.3 Å². The molecule has 0 bridgehead atoms. The fourth-order valence-electron chi connectivity index (χ4n) is 3.13. The Hall–Kier alpha value is -2.35. The van der Waals surface area contributed by atoms with Gasteiger partial charge >= 0.3 is 0 Å². The maximum absolute atomic E-state index is 12.9. The van der Waals surface area contributed by atoms with E-state index in [1.54, 1.807) is 12.1 Å². The number of morpholine rings is 1. The Kier molecular flexibility index (Phi) is 5.66. The minimum atomic E-state index is -0.290. The molecule has 0 atom stereocenters. The first kappa shape index (κ1) is 19.0. The molecule has 3 aromatic rings. The van der Waals surface area contributed by atoms with Crippen molar-refractivity contribution in [1.29, 1.82) is 0 Å². The van der Waals surface area contributed by atoms with Gasteiger partial charge in [-0.05, 0) is 25.1 Å². The molecule has 1 amide bonds. The average Bonchev–Trinajstić information content (AvgIpc) is 3.11. The molecule has 2 aromatic carbocycles. The normalized spacial score (nSPS) is 14.3. The summed E-state index contributed by atoms with van der Waals surface area (Å²) in [4.78, 5) is 19.5. The molecule has 1 aromatic heterocycles. The molecule has 146 valence electrons. The van der Waals surface area contributed by atoms with E-state index in [0.29, 0.717) is 41.3 Å². The van der Waals surface area contributed by atoms with Gasteiger partial charge in [-0.15, -0.1) is 0 Å². The zero-order valence-electron chi connectivity index (χ0n) is 15.4. The Morgan fingerprint density at radius 1 is 1.32 bits per heavy atom. The number of nitrogens with zero attached hydrogens (tertiary/aromatic N) is 2. The SMILES string of the molecule is CCOc1cc(Cl)c(C(=O)Nc2nc3ccccc3s2)cc1N1CCOCC1. The molecule has 0 unspecified atom stereocenters. The van der Waals surface area contributed by atoms with Crippen molar-refractivity contribution in [3.63, 3.8) is 0 Å². The van der Waals surface area contributed by atoms with E-state index < -0.39 is 0 Å². The van der Waals surface area contributed by atoms with Gasteiger partial charge in [0.25, 0.3) is 5.91 Å². The first-order chi connectivity index (χ1) is 13.7. The van der Waals surface area contributed by atoms with Crippen molar-refractivity contribution >= 4 is 49.9 Å². The zero-order valence-corrected chi connectivity index (χ0v) is 17.0. The maximum Gasteiger partial charge on any atom is 0.259 e. The lowest BCUT2D eigenvalue weighted by Crippen LogP contribution is -2.36. The average molecular weight is 418 g/mol. The van der Waals surface area contributed by atoms with E-state index in [4.69, 9.17) is 21.1 Å². The van der Waals surface area contributed by atoms with Crippen LogP contribution < -0.4 is 15.0 Å². The molecule has 1 fully saturated rings. The zero-order chi connectivity index (χ0) is 19.5. The van der Waals surface area contributed by atoms with Crippen molar-refractivity contribution in [2.24, 2.45) is 0 Å². The van der Waals surface area contributed by atoms with E-state index in [2.05, 4.69) is 15.2 Å². The molecular formula is C20H20ClN3O3S. The van der Waals surface area contributed by atoms with Crippen LogP contribution in [-0.2, 0) is 4.74 Å². The molecule has 0 aliphatic carbocycles. The van der Waals surface area contributed by atoms with E-state index in [9.17, 15) is 4.79 Å². The van der Waals surface area contributed by atoms with Crippen molar-refractivity contribution in [2.45, 2.75) is 6.92 Å². The summed E-state index contributed by atoms with van der Waals surface area (Å²) in [5.41, 5.74) is 2.10. The number of thiazole rings is 1. The highest BCUT2D eigenvalue weighted by atomic mass is 35.5. The second-order valence-corrected chi connectivity index (χ2v) is 7.71. The number of carbonyl (C=O) groups is 1. The largest absolute Gasteiger partial charge is 0.492 e. The standard InChI is InChI=1S/C20H20ClN3O3S/c1-2-27-17-12-14(21)13(11-16(17)24-7-9-26-10-8-24)19(25)23-20-22-15-5-3-4-6-18(15)28-20/h3-6,11-12H,2,7-10H2,1H3,(H,22,23,25). The first-order valence-corrected chi connectivity index (χ1v) is 10.3. The van der Waals surface area contributed by atoms with E-state index in [1.165, 1.54) is 11.3 Å². The van der Waals surface area contributed by atoms with Gasteiger partial charge in [0.2, 0.25) is 0 Å². The van der Waals surface area contributed by atoms with E-state index in [1.807, 2.05) is 31.2 Å². The van der Waals surface area contributed by atoms with E-state index >= 15 is 0 Å². The Balaban J connectivity index is 1.64. The van der Waals surface area contributed by atoms with Gasteiger partial charge in [-0.25, -0.2) is 4.98 Å². The number of ether oxygens (including phenoxy) is 2. The fraction of sp³-hybridized carbons (Fsp3) is 0.300. The number of benzene rings is 2. The minimum absolute atomic E-state index is 0.290. The summed E-state index contributed by atoms with van der Waals surface area (Å²) in [5, 5.41) is 3.76. The quantitative estimate of drug-likeness (QED) is 0.665. The lowest BCUT2D eigenvalue weighted by Gasteiger charge is -2.30. The summed E-state index contributed by atoms with van der Waals surface area (Å²) in [7, 11) is 0. The fourth-order valence-corrected chi connectivity index (χ4v) is 4.23. The number of para-hydroxylation sites is 1. The van der Waals surface area contributed by atoms with Crippen LogP contribution in [0.2, 0.25) is 5.02 Å². The van der Waals surface area contributed by atoms with Crippen LogP contribution >= 0.6 is 22.9 Å². The predicted octanol–water partition coefficient (Wildman–Crippen LogP) is 4.44. The Labute approximate surface area is 172 Å². The van der Waals surface area contributed by atoms with E-state index in [-0.39, 0.29) is 5.91 Å².